The lowest BCUT2D eigenvalue weighted by Crippen LogP contribution is -2.63. The minimum absolute atomic E-state index is 0.0423. The Morgan fingerprint density at radius 1 is 0.727 bits per heavy atom. The van der Waals surface area contributed by atoms with Crippen molar-refractivity contribution in [1.82, 2.24) is 0 Å². The smallest absolute Gasteiger partial charge is 0.138 e. The maximum atomic E-state index is 12.9. The summed E-state index contributed by atoms with van der Waals surface area (Å²) in [5, 5.41) is 0. The summed E-state index contributed by atoms with van der Waals surface area (Å²) in [6, 6.07) is 0. The molecule has 2 nitrogen and oxygen atoms in total. The maximum absolute atomic E-state index is 12.9. The van der Waals surface area contributed by atoms with Crippen molar-refractivity contribution in [1.29, 1.82) is 0 Å². The number of ketones is 1. The van der Waals surface area contributed by atoms with Crippen molar-refractivity contribution < 1.29 is 9.53 Å². The van der Waals surface area contributed by atoms with Gasteiger partial charge >= 0.3 is 0 Å². The molecule has 0 unspecified atom stereocenters. The molecule has 0 N–H and O–H groups in total. The largest absolute Gasteiger partial charge is 0.369 e. The molecule has 188 valence electrons. The first-order valence-electron chi connectivity index (χ1n) is 14.4. The molecule has 0 aromatic carbocycles. The van der Waals surface area contributed by atoms with Gasteiger partial charge in [0.15, 0.2) is 0 Å². The molecule has 1 saturated heterocycles. The highest BCUT2D eigenvalue weighted by Crippen LogP contribution is 2.76. The molecule has 0 amide bonds. The van der Waals surface area contributed by atoms with Crippen molar-refractivity contribution in [2.24, 2.45) is 51.2 Å². The fraction of sp³-hybridized carbons (Fsp3) is 0.968. The van der Waals surface area contributed by atoms with E-state index < -0.39 is 0 Å². The monoisotopic (exact) mass is 456 g/mol. The van der Waals surface area contributed by atoms with Gasteiger partial charge in [-0.3, -0.25) is 4.79 Å². The molecular formula is C31H52O2. The van der Waals surface area contributed by atoms with Crippen molar-refractivity contribution in [2.45, 2.75) is 138 Å². The Balaban J connectivity index is 1.46. The van der Waals surface area contributed by atoms with E-state index in [-0.39, 0.29) is 16.6 Å². The van der Waals surface area contributed by atoms with Gasteiger partial charge in [-0.25, -0.2) is 0 Å². The zero-order valence-corrected chi connectivity index (χ0v) is 23.3. The third-order valence-corrected chi connectivity index (χ3v) is 13.7. The van der Waals surface area contributed by atoms with E-state index in [1.54, 1.807) is 0 Å². The molecule has 5 fully saturated rings. The molecule has 5 aliphatic rings. The quantitative estimate of drug-likeness (QED) is 0.418. The van der Waals surface area contributed by atoms with Gasteiger partial charge in [-0.2, -0.15) is 0 Å². The van der Waals surface area contributed by atoms with Crippen LogP contribution in [0.4, 0.5) is 0 Å². The molecule has 2 heteroatoms. The second-order valence-electron chi connectivity index (χ2n) is 15.3. The van der Waals surface area contributed by atoms with Crippen molar-refractivity contribution in [3.05, 3.63) is 0 Å². The minimum Gasteiger partial charge on any atom is -0.369 e. The fourth-order valence-corrected chi connectivity index (χ4v) is 11.1. The van der Waals surface area contributed by atoms with Crippen LogP contribution in [-0.4, -0.2) is 17.0 Å². The Morgan fingerprint density at radius 3 is 2.03 bits per heavy atom. The Hall–Kier alpha value is -0.370. The molecule has 4 aliphatic carbocycles. The first kappa shape index (κ1) is 24.3. The van der Waals surface area contributed by atoms with E-state index in [1.807, 2.05) is 0 Å². The summed E-state index contributed by atoms with van der Waals surface area (Å²) in [7, 11) is 0. The zero-order valence-electron chi connectivity index (χ0n) is 23.3. The fourth-order valence-electron chi connectivity index (χ4n) is 11.1. The van der Waals surface area contributed by atoms with E-state index in [4.69, 9.17) is 4.74 Å². The van der Waals surface area contributed by atoms with Crippen molar-refractivity contribution in [3.63, 3.8) is 0 Å². The van der Waals surface area contributed by atoms with E-state index in [0.717, 1.165) is 24.7 Å². The van der Waals surface area contributed by atoms with E-state index >= 15 is 0 Å². The average molecular weight is 457 g/mol. The van der Waals surface area contributed by atoms with Gasteiger partial charge in [-0.1, -0.05) is 48.5 Å². The molecule has 1 heterocycles. The number of hydrogen-bond acceptors (Lipinski definition) is 2. The number of hydrogen-bond donors (Lipinski definition) is 0. The van der Waals surface area contributed by atoms with Gasteiger partial charge in [0.25, 0.3) is 0 Å². The van der Waals surface area contributed by atoms with Crippen LogP contribution in [0.5, 0.6) is 0 Å². The van der Waals surface area contributed by atoms with E-state index in [9.17, 15) is 4.79 Å². The predicted octanol–water partition coefficient (Wildman–Crippen LogP) is 8.22. The lowest BCUT2D eigenvalue weighted by Gasteiger charge is -2.69. The average Bonchev–Trinajstić information content (AvgIpc) is 3.25. The van der Waals surface area contributed by atoms with E-state index in [2.05, 4.69) is 62.3 Å². The molecular weight excluding hydrogens is 404 g/mol. The topological polar surface area (TPSA) is 26.3 Å². The maximum Gasteiger partial charge on any atom is 0.138 e. The zero-order chi connectivity index (χ0) is 24.2. The van der Waals surface area contributed by atoms with Crippen LogP contribution in [-0.2, 0) is 9.53 Å². The van der Waals surface area contributed by atoms with Gasteiger partial charge in [0, 0.05) is 11.8 Å². The number of carbonyl (C=O) groups excluding carboxylic acids is 1. The second kappa shape index (κ2) is 7.10. The van der Waals surface area contributed by atoms with Crippen molar-refractivity contribution in [2.75, 3.05) is 0 Å². The first-order chi connectivity index (χ1) is 15.1. The highest BCUT2D eigenvalue weighted by Gasteiger charge is 2.70. The summed E-state index contributed by atoms with van der Waals surface area (Å²) in [6.45, 7) is 22.0. The number of fused-ring (bicyclic) bond motifs is 5. The summed E-state index contributed by atoms with van der Waals surface area (Å²) >= 11 is 0. The molecule has 0 aromatic heterocycles. The van der Waals surface area contributed by atoms with Crippen LogP contribution in [0.1, 0.15) is 127 Å². The Kier molecular flexibility index (Phi) is 5.24. The summed E-state index contributed by atoms with van der Waals surface area (Å²) in [6.07, 6.45) is 12.4. The standard InChI is InChI=1S/C31H52O2/c1-20(2)30(8)18-19-31(9,33-30)22-12-16-28(6)21(22)10-11-24-27(5)15-14-25(32)26(3,4)23(27)13-17-29(24,28)7/h20-24H,10-19H2,1-9H3/t21-,22+,23+,24+,27+,28-,29-,30-,31+/m1/s1. The molecule has 33 heavy (non-hydrogen) atoms. The van der Waals surface area contributed by atoms with Gasteiger partial charge in [0.05, 0.1) is 11.2 Å². The van der Waals surface area contributed by atoms with Crippen LogP contribution in [0.25, 0.3) is 0 Å². The molecule has 4 saturated carbocycles. The van der Waals surface area contributed by atoms with Crippen LogP contribution in [0.2, 0.25) is 0 Å². The van der Waals surface area contributed by atoms with Gasteiger partial charge in [-0.05, 0) is 117 Å². The predicted molar refractivity (Wildman–Crippen MR) is 136 cm³/mol. The number of ether oxygens (including phenoxy) is 1. The van der Waals surface area contributed by atoms with Gasteiger partial charge < -0.3 is 4.74 Å². The summed E-state index contributed by atoms with van der Waals surface area (Å²) < 4.78 is 7.05. The van der Waals surface area contributed by atoms with E-state index in [0.29, 0.717) is 39.8 Å². The third-order valence-electron chi connectivity index (χ3n) is 13.7. The number of carbonyl (C=O) groups is 1. The van der Waals surface area contributed by atoms with Gasteiger partial charge in [0.1, 0.15) is 5.78 Å². The summed E-state index contributed by atoms with van der Waals surface area (Å²) in [5.41, 5.74) is 1.06. The van der Waals surface area contributed by atoms with Gasteiger partial charge in [-0.15, -0.1) is 0 Å². The molecule has 0 spiro atoms. The van der Waals surface area contributed by atoms with E-state index in [1.165, 1.54) is 51.4 Å². The SMILES string of the molecule is CC(C)[C@@]1(C)CC[C@@](C)([C@H]2CC[C@]3(C)[C@@H]2CC[C@H]2[C@@]4(C)CCC(=O)C(C)(C)[C@@H]4CC[C@]23C)O1. The Labute approximate surface area is 204 Å². The van der Waals surface area contributed by atoms with Crippen molar-refractivity contribution >= 4 is 5.78 Å². The summed E-state index contributed by atoms with van der Waals surface area (Å²) in [5.74, 6) is 3.91. The van der Waals surface area contributed by atoms with Crippen molar-refractivity contribution in [3.8, 4) is 0 Å². The Bertz CT molecular complexity index is 829. The highest BCUT2D eigenvalue weighted by molar-refractivity contribution is 5.85. The molecule has 9 atom stereocenters. The lowest BCUT2D eigenvalue weighted by molar-refractivity contribution is -0.211. The molecule has 1 aliphatic heterocycles. The number of Topliss-reactive ketones (excluding diaryl/α,β-unsaturated/α-hetero) is 1. The molecule has 0 aromatic rings. The number of rotatable bonds is 2. The third kappa shape index (κ3) is 2.97. The lowest BCUT2D eigenvalue weighted by atomic mass is 9.35. The first-order valence-corrected chi connectivity index (χ1v) is 14.4. The van der Waals surface area contributed by atoms with Crippen LogP contribution in [0.3, 0.4) is 0 Å². The summed E-state index contributed by atoms with van der Waals surface area (Å²) in [4.78, 5) is 12.9. The molecule has 0 radical (unpaired) electrons. The second-order valence-corrected chi connectivity index (χ2v) is 15.3. The minimum atomic E-state index is -0.142. The van der Waals surface area contributed by atoms with Crippen LogP contribution >= 0.6 is 0 Å². The molecule has 5 rings (SSSR count). The molecule has 0 bridgehead atoms. The van der Waals surface area contributed by atoms with Crippen LogP contribution in [0, 0.1) is 51.2 Å². The van der Waals surface area contributed by atoms with Gasteiger partial charge in [0.2, 0.25) is 0 Å². The Morgan fingerprint density at radius 2 is 1.39 bits per heavy atom. The van der Waals surface area contributed by atoms with Crippen LogP contribution < -0.4 is 0 Å². The normalized spacial score (nSPS) is 55.9. The highest BCUT2D eigenvalue weighted by atomic mass is 16.5. The van der Waals surface area contributed by atoms with Crippen LogP contribution in [0.15, 0.2) is 0 Å².